The van der Waals surface area contributed by atoms with Crippen LogP contribution in [0.4, 0.5) is 4.39 Å². The van der Waals surface area contributed by atoms with Crippen LogP contribution in [-0.2, 0) is 0 Å². The van der Waals surface area contributed by atoms with Crippen LogP contribution in [0, 0.1) is 5.82 Å². The summed E-state index contributed by atoms with van der Waals surface area (Å²) in [5.74, 6) is -0.418. The lowest BCUT2D eigenvalue weighted by Crippen LogP contribution is -2.09. The third-order valence-electron chi connectivity index (χ3n) is 2.61. The molecule has 6 heteroatoms. The number of hydrogen-bond donors (Lipinski definition) is 1. The molecule has 90 valence electrons. The second-order valence-corrected chi connectivity index (χ2v) is 4.17. The molecule has 0 spiro atoms. The quantitative estimate of drug-likeness (QED) is 0.733. The van der Waals surface area contributed by atoms with E-state index in [0.717, 1.165) is 0 Å². The molecule has 0 bridgehead atoms. The number of para-hydroxylation sites is 1. The van der Waals surface area contributed by atoms with Gasteiger partial charge < -0.3 is 4.98 Å². The minimum absolute atomic E-state index is 0.0792. The Kier molecular flexibility index (Phi) is 2.41. The maximum atomic E-state index is 13.7. The summed E-state index contributed by atoms with van der Waals surface area (Å²) in [4.78, 5) is 14.1. The van der Waals surface area contributed by atoms with Crippen molar-refractivity contribution in [3.05, 3.63) is 57.7 Å². The summed E-state index contributed by atoms with van der Waals surface area (Å²) >= 11 is 5.72. The average molecular weight is 264 g/mol. The van der Waals surface area contributed by atoms with Gasteiger partial charge in [0.05, 0.1) is 6.20 Å². The Balaban J connectivity index is 2.35. The fraction of sp³-hybridized carbons (Fsp3) is 0. The SMILES string of the molecule is O=c1[nH]c2c(cnn2-c2ccccc2F)cc1Cl. The molecule has 0 atom stereocenters. The lowest BCUT2D eigenvalue weighted by Gasteiger charge is -2.04. The van der Waals surface area contributed by atoms with Crippen LogP contribution >= 0.6 is 11.6 Å². The lowest BCUT2D eigenvalue weighted by atomic mass is 10.3. The molecule has 1 N–H and O–H groups in total. The topological polar surface area (TPSA) is 50.7 Å². The van der Waals surface area contributed by atoms with E-state index in [1.54, 1.807) is 18.2 Å². The number of pyridine rings is 1. The first-order valence-corrected chi connectivity index (χ1v) is 5.56. The van der Waals surface area contributed by atoms with Crippen molar-refractivity contribution < 1.29 is 4.39 Å². The molecular formula is C12H7ClFN3O. The molecule has 3 rings (SSSR count). The highest BCUT2D eigenvalue weighted by atomic mass is 35.5. The average Bonchev–Trinajstić information content (AvgIpc) is 2.73. The molecule has 0 saturated carbocycles. The number of benzene rings is 1. The van der Waals surface area contributed by atoms with Gasteiger partial charge in [0.1, 0.15) is 22.2 Å². The lowest BCUT2D eigenvalue weighted by molar-refractivity contribution is 0.612. The molecule has 0 saturated heterocycles. The second kappa shape index (κ2) is 3.96. The van der Waals surface area contributed by atoms with Gasteiger partial charge in [0, 0.05) is 5.39 Å². The number of halogens is 2. The maximum absolute atomic E-state index is 13.7. The Bertz CT molecular complexity index is 793. The molecule has 2 aromatic heterocycles. The van der Waals surface area contributed by atoms with Crippen molar-refractivity contribution in [1.29, 1.82) is 0 Å². The first-order valence-electron chi connectivity index (χ1n) is 5.18. The molecule has 0 amide bonds. The van der Waals surface area contributed by atoms with E-state index in [-0.39, 0.29) is 10.7 Å². The van der Waals surface area contributed by atoms with Gasteiger partial charge in [0.2, 0.25) is 0 Å². The fourth-order valence-electron chi connectivity index (χ4n) is 1.77. The summed E-state index contributed by atoms with van der Waals surface area (Å²) in [5, 5.41) is 4.78. The summed E-state index contributed by atoms with van der Waals surface area (Å²) in [7, 11) is 0. The van der Waals surface area contributed by atoms with Gasteiger partial charge >= 0.3 is 0 Å². The highest BCUT2D eigenvalue weighted by Gasteiger charge is 2.10. The largest absolute Gasteiger partial charge is 0.305 e. The predicted octanol–water partition coefficient (Wildman–Crippen LogP) is 2.51. The van der Waals surface area contributed by atoms with Gasteiger partial charge in [-0.05, 0) is 18.2 Å². The number of nitrogens with zero attached hydrogens (tertiary/aromatic N) is 2. The van der Waals surface area contributed by atoms with Crippen LogP contribution < -0.4 is 5.56 Å². The number of hydrogen-bond acceptors (Lipinski definition) is 2. The Hall–Kier alpha value is -2.14. The summed E-state index contributed by atoms with van der Waals surface area (Å²) < 4.78 is 15.0. The zero-order chi connectivity index (χ0) is 12.7. The van der Waals surface area contributed by atoms with Gasteiger partial charge in [-0.1, -0.05) is 23.7 Å². The molecule has 4 nitrogen and oxygen atoms in total. The Morgan fingerprint density at radius 2 is 2.11 bits per heavy atom. The molecule has 1 aromatic carbocycles. The van der Waals surface area contributed by atoms with E-state index in [1.807, 2.05) is 0 Å². The first kappa shape index (κ1) is 11.0. The summed E-state index contributed by atoms with van der Waals surface area (Å²) in [6.07, 6.45) is 1.52. The van der Waals surface area contributed by atoms with Crippen molar-refractivity contribution >= 4 is 22.6 Å². The van der Waals surface area contributed by atoms with Gasteiger partial charge in [-0.2, -0.15) is 5.10 Å². The molecule has 0 aliphatic heterocycles. The number of aromatic nitrogens is 3. The monoisotopic (exact) mass is 263 g/mol. The zero-order valence-corrected chi connectivity index (χ0v) is 9.78. The van der Waals surface area contributed by atoms with Crippen molar-refractivity contribution in [2.75, 3.05) is 0 Å². The third kappa shape index (κ3) is 1.60. The van der Waals surface area contributed by atoms with E-state index >= 15 is 0 Å². The standard InChI is InChI=1S/C12H7ClFN3O/c13-8-5-7-6-15-17(11(7)16-12(8)18)10-4-2-1-3-9(10)14/h1-6H,(H,16,18). The van der Waals surface area contributed by atoms with E-state index in [4.69, 9.17) is 11.6 Å². The smallest absolute Gasteiger partial charge is 0.268 e. The van der Waals surface area contributed by atoms with Crippen LogP contribution in [-0.4, -0.2) is 14.8 Å². The van der Waals surface area contributed by atoms with Crippen molar-refractivity contribution in [3.8, 4) is 5.69 Å². The summed E-state index contributed by atoms with van der Waals surface area (Å²) in [5.41, 5.74) is 0.252. The minimum atomic E-state index is -0.428. The molecule has 0 fully saturated rings. The first-order chi connectivity index (χ1) is 8.66. The van der Waals surface area contributed by atoms with Crippen LogP contribution in [0.2, 0.25) is 5.02 Å². The molecule has 0 aliphatic carbocycles. The van der Waals surface area contributed by atoms with E-state index in [0.29, 0.717) is 11.0 Å². The molecular weight excluding hydrogens is 257 g/mol. The van der Waals surface area contributed by atoms with E-state index in [2.05, 4.69) is 10.1 Å². The van der Waals surface area contributed by atoms with E-state index in [1.165, 1.54) is 23.0 Å². The van der Waals surface area contributed by atoms with Crippen molar-refractivity contribution in [3.63, 3.8) is 0 Å². The predicted molar refractivity (Wildman–Crippen MR) is 66.7 cm³/mol. The van der Waals surface area contributed by atoms with Crippen molar-refractivity contribution in [1.82, 2.24) is 14.8 Å². The maximum Gasteiger partial charge on any atom is 0.268 e. The van der Waals surface area contributed by atoms with Gasteiger partial charge in [0.25, 0.3) is 5.56 Å². The van der Waals surface area contributed by atoms with Crippen molar-refractivity contribution in [2.45, 2.75) is 0 Å². The second-order valence-electron chi connectivity index (χ2n) is 3.76. The zero-order valence-electron chi connectivity index (χ0n) is 9.02. The fourth-order valence-corrected chi connectivity index (χ4v) is 1.93. The highest BCUT2D eigenvalue weighted by molar-refractivity contribution is 6.30. The van der Waals surface area contributed by atoms with E-state index in [9.17, 15) is 9.18 Å². The third-order valence-corrected chi connectivity index (χ3v) is 2.89. The summed E-state index contributed by atoms with van der Waals surface area (Å²) in [6, 6.07) is 7.69. The highest BCUT2D eigenvalue weighted by Crippen LogP contribution is 2.19. The Morgan fingerprint density at radius 3 is 2.89 bits per heavy atom. The molecule has 0 radical (unpaired) electrons. The number of nitrogens with one attached hydrogen (secondary N) is 1. The summed E-state index contributed by atoms with van der Waals surface area (Å²) in [6.45, 7) is 0. The molecule has 0 unspecified atom stereocenters. The Labute approximate surface area is 106 Å². The van der Waals surface area contributed by atoms with Crippen LogP contribution in [0.1, 0.15) is 0 Å². The van der Waals surface area contributed by atoms with E-state index < -0.39 is 11.4 Å². The number of H-pyrrole nitrogens is 1. The minimum Gasteiger partial charge on any atom is -0.305 e. The van der Waals surface area contributed by atoms with Crippen LogP contribution in [0.25, 0.3) is 16.7 Å². The van der Waals surface area contributed by atoms with Crippen LogP contribution in [0.15, 0.2) is 41.3 Å². The normalized spacial score (nSPS) is 11.0. The number of rotatable bonds is 1. The Morgan fingerprint density at radius 1 is 1.33 bits per heavy atom. The van der Waals surface area contributed by atoms with Gasteiger partial charge in [0.15, 0.2) is 0 Å². The van der Waals surface area contributed by atoms with Crippen LogP contribution in [0.5, 0.6) is 0 Å². The number of fused-ring (bicyclic) bond motifs is 1. The van der Waals surface area contributed by atoms with Gasteiger partial charge in [-0.3, -0.25) is 4.79 Å². The molecule has 3 aromatic rings. The molecule has 0 aliphatic rings. The van der Waals surface area contributed by atoms with Gasteiger partial charge in [-0.15, -0.1) is 0 Å². The molecule has 18 heavy (non-hydrogen) atoms. The van der Waals surface area contributed by atoms with Crippen LogP contribution in [0.3, 0.4) is 0 Å². The van der Waals surface area contributed by atoms with Crippen molar-refractivity contribution in [2.24, 2.45) is 0 Å². The number of aromatic amines is 1. The molecule has 2 heterocycles. The van der Waals surface area contributed by atoms with Gasteiger partial charge in [-0.25, -0.2) is 9.07 Å².